The minimum atomic E-state index is -0.206. The fourth-order valence-corrected chi connectivity index (χ4v) is 4.69. The van der Waals surface area contributed by atoms with E-state index in [2.05, 4.69) is 15.0 Å². The summed E-state index contributed by atoms with van der Waals surface area (Å²) < 4.78 is 5.42. The molecule has 160 valence electrons. The van der Waals surface area contributed by atoms with E-state index in [4.69, 9.17) is 16.1 Å². The van der Waals surface area contributed by atoms with Crippen LogP contribution in [0, 0.1) is 0 Å². The van der Waals surface area contributed by atoms with E-state index in [0.717, 1.165) is 48.6 Å². The van der Waals surface area contributed by atoms with Gasteiger partial charge < -0.3 is 14.3 Å². The number of nitrogens with zero attached hydrogens (tertiary/aromatic N) is 4. The molecule has 1 aromatic heterocycles. The molecular weight excluding hydrogens is 416 g/mol. The van der Waals surface area contributed by atoms with E-state index in [-0.39, 0.29) is 17.6 Å². The van der Waals surface area contributed by atoms with Crippen LogP contribution < -0.4 is 9.80 Å². The molecule has 0 spiro atoms. The zero-order valence-electron chi connectivity index (χ0n) is 17.5. The second-order valence-corrected chi connectivity index (χ2v) is 8.61. The first kappa shape index (κ1) is 20.0. The highest BCUT2D eigenvalue weighted by Crippen LogP contribution is 2.36. The van der Waals surface area contributed by atoms with Gasteiger partial charge in [-0.1, -0.05) is 22.8 Å². The van der Waals surface area contributed by atoms with Crippen LogP contribution in [0.4, 0.5) is 11.5 Å². The average molecular weight is 439 g/mol. The molecule has 8 heteroatoms. The molecule has 2 aliphatic rings. The monoisotopic (exact) mass is 438 g/mol. The van der Waals surface area contributed by atoms with Gasteiger partial charge in [-0.3, -0.25) is 14.5 Å². The summed E-state index contributed by atoms with van der Waals surface area (Å²) in [7, 11) is 1.78. The van der Waals surface area contributed by atoms with Crippen LogP contribution in [-0.4, -0.2) is 61.5 Å². The lowest BCUT2D eigenvalue weighted by Gasteiger charge is -2.34. The maximum atomic E-state index is 12.9. The lowest BCUT2D eigenvalue weighted by molar-refractivity contribution is -0.118. The molecule has 0 N–H and O–H groups in total. The van der Waals surface area contributed by atoms with Crippen molar-refractivity contribution in [1.82, 2.24) is 10.1 Å². The first-order chi connectivity index (χ1) is 14.9. The molecule has 3 aromatic rings. The van der Waals surface area contributed by atoms with Crippen LogP contribution >= 0.6 is 11.6 Å². The number of anilines is 2. The molecule has 1 amide bonds. The van der Waals surface area contributed by atoms with E-state index >= 15 is 0 Å². The molecule has 3 heterocycles. The van der Waals surface area contributed by atoms with Crippen LogP contribution in [0.25, 0.3) is 11.0 Å². The number of benzene rings is 2. The molecule has 1 atom stereocenters. The van der Waals surface area contributed by atoms with Crippen LogP contribution in [0.2, 0.25) is 5.02 Å². The van der Waals surface area contributed by atoms with Gasteiger partial charge in [0.05, 0.1) is 22.9 Å². The molecule has 1 unspecified atom stereocenters. The Morgan fingerprint density at radius 1 is 1.19 bits per heavy atom. The van der Waals surface area contributed by atoms with Crippen molar-refractivity contribution in [2.24, 2.45) is 0 Å². The van der Waals surface area contributed by atoms with Crippen LogP contribution in [0.1, 0.15) is 28.8 Å². The van der Waals surface area contributed by atoms with Gasteiger partial charge in [-0.15, -0.1) is 0 Å². The Balaban J connectivity index is 1.24. The maximum Gasteiger partial charge on any atom is 0.234 e. The largest absolute Gasteiger partial charge is 0.352 e. The normalized spacial score (nSPS) is 19.3. The molecule has 2 aromatic carbocycles. The van der Waals surface area contributed by atoms with Crippen molar-refractivity contribution in [3.05, 3.63) is 52.5 Å². The van der Waals surface area contributed by atoms with Crippen molar-refractivity contribution in [1.29, 1.82) is 0 Å². The minimum absolute atomic E-state index is 0.0670. The summed E-state index contributed by atoms with van der Waals surface area (Å²) >= 11 is 6.19. The van der Waals surface area contributed by atoms with Crippen molar-refractivity contribution >= 4 is 45.8 Å². The molecule has 31 heavy (non-hydrogen) atoms. The topological polar surface area (TPSA) is 69.9 Å². The fraction of sp³-hybridized carbons (Fsp3) is 0.348. The predicted molar refractivity (Wildman–Crippen MR) is 120 cm³/mol. The number of carbonyl (C=O) groups is 2. The van der Waals surface area contributed by atoms with E-state index in [1.165, 1.54) is 0 Å². The number of Topliss-reactive ketones (excluding diaryl/α,β-unsaturated/α-hetero) is 1. The number of likely N-dealkylation sites (N-methyl/N-ethyl adjacent to an activating group) is 1. The average Bonchev–Trinajstić information content (AvgIpc) is 3.31. The van der Waals surface area contributed by atoms with Crippen molar-refractivity contribution in [2.45, 2.75) is 12.8 Å². The Morgan fingerprint density at radius 3 is 2.74 bits per heavy atom. The van der Waals surface area contributed by atoms with Gasteiger partial charge in [0.2, 0.25) is 5.91 Å². The highest BCUT2D eigenvalue weighted by atomic mass is 35.5. The summed E-state index contributed by atoms with van der Waals surface area (Å²) in [5.41, 5.74) is 3.09. The Labute approximate surface area is 185 Å². The van der Waals surface area contributed by atoms with E-state index in [1.807, 2.05) is 37.3 Å². The molecule has 5 rings (SSSR count). The van der Waals surface area contributed by atoms with Crippen LogP contribution in [0.5, 0.6) is 0 Å². The zero-order chi connectivity index (χ0) is 21.7. The molecule has 7 nitrogen and oxygen atoms in total. The second kappa shape index (κ2) is 7.66. The molecule has 0 radical (unpaired) electrons. The highest BCUT2D eigenvalue weighted by Gasteiger charge is 2.32. The van der Waals surface area contributed by atoms with Gasteiger partial charge in [0.25, 0.3) is 0 Å². The smallest absolute Gasteiger partial charge is 0.234 e. The van der Waals surface area contributed by atoms with Gasteiger partial charge in [0.1, 0.15) is 0 Å². The number of amides is 1. The number of aromatic nitrogens is 1. The summed E-state index contributed by atoms with van der Waals surface area (Å²) in [6.45, 7) is 5.26. The number of halogens is 1. The minimum Gasteiger partial charge on any atom is -0.352 e. The number of rotatable bonds is 4. The third-order valence-corrected chi connectivity index (χ3v) is 6.65. The summed E-state index contributed by atoms with van der Waals surface area (Å²) in [4.78, 5) is 31.1. The lowest BCUT2D eigenvalue weighted by Crippen LogP contribution is -2.48. The summed E-state index contributed by atoms with van der Waals surface area (Å²) in [6, 6.07) is 11.2. The van der Waals surface area contributed by atoms with E-state index in [9.17, 15) is 9.59 Å². The van der Waals surface area contributed by atoms with Gasteiger partial charge in [-0.25, -0.2) is 0 Å². The lowest BCUT2D eigenvalue weighted by atomic mass is 9.98. The van der Waals surface area contributed by atoms with Gasteiger partial charge in [0.15, 0.2) is 17.2 Å². The van der Waals surface area contributed by atoms with Crippen molar-refractivity contribution in [3.8, 4) is 0 Å². The molecule has 2 aliphatic heterocycles. The third-order valence-electron chi connectivity index (χ3n) is 6.35. The number of fused-ring (bicyclic) bond motifs is 2. The summed E-state index contributed by atoms with van der Waals surface area (Å²) in [6.07, 6.45) is 0. The van der Waals surface area contributed by atoms with Crippen molar-refractivity contribution in [2.75, 3.05) is 49.6 Å². The number of ketones is 1. The van der Waals surface area contributed by atoms with E-state index in [1.54, 1.807) is 18.0 Å². The standard InChI is InChI=1S/C23H23ClN4O3/c1-14-17-12-15(6-7-19(17)26(2)23(14)30)20(29)13-27-8-10-28(11-9-27)22-16-4-3-5-18(24)21(16)31-25-22/h3-7,12,14H,8-11,13H2,1-2H3. The number of para-hydroxylation sites is 1. The first-order valence-corrected chi connectivity index (χ1v) is 10.8. The number of piperazine rings is 1. The van der Waals surface area contributed by atoms with Gasteiger partial charge in [-0.2, -0.15) is 0 Å². The van der Waals surface area contributed by atoms with Crippen molar-refractivity contribution in [3.63, 3.8) is 0 Å². The Bertz CT molecular complexity index is 1180. The zero-order valence-corrected chi connectivity index (χ0v) is 18.2. The number of hydrogen-bond acceptors (Lipinski definition) is 6. The first-order valence-electron chi connectivity index (χ1n) is 10.4. The SMILES string of the molecule is CC1C(=O)N(C)c2ccc(C(=O)CN3CCN(c4noc5c(Cl)cccc45)CC3)cc21. The molecule has 0 bridgehead atoms. The highest BCUT2D eigenvalue weighted by molar-refractivity contribution is 6.35. The van der Waals surface area contributed by atoms with Gasteiger partial charge in [0, 0.05) is 44.5 Å². The van der Waals surface area contributed by atoms with Crippen LogP contribution in [-0.2, 0) is 4.79 Å². The maximum absolute atomic E-state index is 12.9. The van der Waals surface area contributed by atoms with Crippen LogP contribution in [0.3, 0.4) is 0 Å². The Kier molecular flexibility index (Phi) is 4.95. The third kappa shape index (κ3) is 3.38. The molecule has 1 saturated heterocycles. The number of carbonyl (C=O) groups excluding carboxylic acids is 2. The Morgan fingerprint density at radius 2 is 1.97 bits per heavy atom. The van der Waals surface area contributed by atoms with Gasteiger partial charge in [-0.05, 0) is 42.8 Å². The molecule has 1 fully saturated rings. The van der Waals surface area contributed by atoms with Gasteiger partial charge >= 0.3 is 0 Å². The van der Waals surface area contributed by atoms with E-state index in [0.29, 0.717) is 22.7 Å². The van der Waals surface area contributed by atoms with E-state index < -0.39 is 0 Å². The van der Waals surface area contributed by atoms with Crippen molar-refractivity contribution < 1.29 is 14.1 Å². The summed E-state index contributed by atoms with van der Waals surface area (Å²) in [5, 5.41) is 5.67. The fourth-order valence-electron chi connectivity index (χ4n) is 4.48. The molecule has 0 aliphatic carbocycles. The predicted octanol–water partition coefficient (Wildman–Crippen LogP) is 3.57. The second-order valence-electron chi connectivity index (χ2n) is 8.20. The quantitative estimate of drug-likeness (QED) is 0.580. The summed E-state index contributed by atoms with van der Waals surface area (Å²) in [5.74, 6) is 0.730. The molecular formula is C23H23ClN4O3. The van der Waals surface area contributed by atoms with Crippen LogP contribution in [0.15, 0.2) is 40.9 Å². The Hall–Kier alpha value is -2.90. The molecule has 0 saturated carbocycles. The number of hydrogen-bond donors (Lipinski definition) is 0.